The molecule has 0 saturated heterocycles. The van der Waals surface area contributed by atoms with Crippen molar-refractivity contribution in [3.05, 3.63) is 45.2 Å². The summed E-state index contributed by atoms with van der Waals surface area (Å²) in [5.74, 6) is 0. The molecule has 2 aromatic rings. The summed E-state index contributed by atoms with van der Waals surface area (Å²) in [5.41, 5.74) is 1.27. The van der Waals surface area contributed by atoms with E-state index in [1.54, 1.807) is 10.9 Å². The highest BCUT2D eigenvalue weighted by molar-refractivity contribution is 5.54. The van der Waals surface area contributed by atoms with Crippen molar-refractivity contribution in [2.75, 3.05) is 0 Å². The van der Waals surface area contributed by atoms with Crippen molar-refractivity contribution in [3.63, 3.8) is 0 Å². The molecule has 0 N–H and O–H groups in total. The maximum Gasteiger partial charge on any atom is 0.274 e. The van der Waals surface area contributed by atoms with Crippen LogP contribution in [0.2, 0.25) is 0 Å². The highest BCUT2D eigenvalue weighted by Crippen LogP contribution is 2.26. The van der Waals surface area contributed by atoms with Crippen molar-refractivity contribution in [2.45, 2.75) is 38.1 Å². The second-order valence-electron chi connectivity index (χ2n) is 5.56. The van der Waals surface area contributed by atoms with Crippen molar-refractivity contribution in [2.24, 2.45) is 0 Å². The highest BCUT2D eigenvalue weighted by atomic mass is 16.1. The molecular formula is C17H19N3O. The third-order valence-corrected chi connectivity index (χ3v) is 4.15. The summed E-state index contributed by atoms with van der Waals surface area (Å²) in [6.07, 6.45) is 7.26. The van der Waals surface area contributed by atoms with Crippen molar-refractivity contribution in [1.29, 1.82) is 0 Å². The van der Waals surface area contributed by atoms with Gasteiger partial charge < -0.3 is 0 Å². The lowest BCUT2D eigenvalue weighted by molar-refractivity contribution is 0.318. The van der Waals surface area contributed by atoms with Gasteiger partial charge in [-0.25, -0.2) is 4.68 Å². The van der Waals surface area contributed by atoms with Crippen LogP contribution in [-0.4, -0.2) is 14.8 Å². The molecule has 0 unspecified atom stereocenters. The molecule has 4 heteroatoms. The van der Waals surface area contributed by atoms with Crippen molar-refractivity contribution < 1.29 is 0 Å². The maximum absolute atomic E-state index is 12.4. The summed E-state index contributed by atoms with van der Waals surface area (Å²) in [6, 6.07) is 5.82. The Bertz CT molecular complexity index is 789. The molecular weight excluding hydrogens is 262 g/mol. The standard InChI is InChI=1S/C17H19N3O/c1-12-13(2)17(21)20(14-8-4-3-5-9-14)19-16(12)15-10-6-7-11-18-15/h6-7,10-11,14H,1-5,8-9H2. The van der Waals surface area contributed by atoms with Crippen molar-refractivity contribution in [3.8, 4) is 11.4 Å². The predicted molar refractivity (Wildman–Crippen MR) is 84.1 cm³/mol. The number of aromatic nitrogens is 3. The quantitative estimate of drug-likeness (QED) is 0.840. The van der Waals surface area contributed by atoms with E-state index in [9.17, 15) is 4.79 Å². The van der Waals surface area contributed by atoms with Gasteiger partial charge in [-0.3, -0.25) is 9.78 Å². The molecule has 0 bridgehead atoms. The van der Waals surface area contributed by atoms with Gasteiger partial charge in [-0.05, 0) is 25.0 Å². The number of nitrogens with zero attached hydrogens (tertiary/aromatic N) is 3. The van der Waals surface area contributed by atoms with Gasteiger partial charge in [0.05, 0.1) is 11.7 Å². The summed E-state index contributed by atoms with van der Waals surface area (Å²) in [5, 5.41) is 5.57. The lowest BCUT2D eigenvalue weighted by Crippen LogP contribution is -2.47. The van der Waals surface area contributed by atoms with Crippen LogP contribution in [0.5, 0.6) is 0 Å². The topological polar surface area (TPSA) is 47.8 Å². The van der Waals surface area contributed by atoms with E-state index in [0.717, 1.165) is 31.4 Å². The third-order valence-electron chi connectivity index (χ3n) is 4.15. The van der Waals surface area contributed by atoms with Gasteiger partial charge in [0.25, 0.3) is 5.56 Å². The molecule has 4 nitrogen and oxygen atoms in total. The minimum absolute atomic E-state index is 0.119. The lowest BCUT2D eigenvalue weighted by atomic mass is 9.95. The summed E-state index contributed by atoms with van der Waals surface area (Å²) < 4.78 is 1.61. The normalized spacial score (nSPS) is 16.0. The molecule has 108 valence electrons. The van der Waals surface area contributed by atoms with Crippen LogP contribution in [0.25, 0.3) is 24.5 Å². The Labute approximate surface area is 123 Å². The van der Waals surface area contributed by atoms with Crippen LogP contribution >= 0.6 is 0 Å². The van der Waals surface area contributed by atoms with E-state index in [2.05, 4.69) is 23.2 Å². The van der Waals surface area contributed by atoms with Crippen LogP contribution in [0, 0.1) is 0 Å². The SMILES string of the molecule is C=c1c(-c2ccccn2)nn(C2CCCCC2)c(=O)c1=C. The Balaban J connectivity index is 2.18. The van der Waals surface area contributed by atoms with Gasteiger partial charge in [0.1, 0.15) is 5.69 Å². The zero-order chi connectivity index (χ0) is 14.8. The van der Waals surface area contributed by atoms with Gasteiger partial charge in [-0.15, -0.1) is 0 Å². The molecule has 1 aliphatic carbocycles. The molecule has 2 heterocycles. The van der Waals surface area contributed by atoms with Crippen molar-refractivity contribution >= 4 is 13.2 Å². The Morgan fingerprint density at radius 3 is 2.52 bits per heavy atom. The highest BCUT2D eigenvalue weighted by Gasteiger charge is 2.19. The first-order chi connectivity index (χ1) is 10.2. The fraction of sp³-hybridized carbons (Fsp3) is 0.353. The van der Waals surface area contributed by atoms with Gasteiger partial charge in [-0.1, -0.05) is 38.5 Å². The van der Waals surface area contributed by atoms with Crippen LogP contribution < -0.4 is 16.0 Å². The zero-order valence-corrected chi connectivity index (χ0v) is 12.1. The molecule has 1 saturated carbocycles. The zero-order valence-electron chi connectivity index (χ0n) is 12.1. The van der Waals surface area contributed by atoms with E-state index in [1.807, 2.05) is 18.2 Å². The van der Waals surface area contributed by atoms with Crippen LogP contribution in [-0.2, 0) is 0 Å². The molecule has 0 radical (unpaired) electrons. The average Bonchev–Trinajstić information content (AvgIpc) is 2.55. The van der Waals surface area contributed by atoms with Crippen LogP contribution in [0.4, 0.5) is 0 Å². The average molecular weight is 281 g/mol. The number of pyridine rings is 1. The fourth-order valence-corrected chi connectivity index (χ4v) is 2.91. The largest absolute Gasteiger partial charge is 0.274 e. The first-order valence-electron chi connectivity index (χ1n) is 7.40. The van der Waals surface area contributed by atoms with E-state index in [4.69, 9.17) is 0 Å². The van der Waals surface area contributed by atoms with E-state index >= 15 is 0 Å². The molecule has 0 amide bonds. The predicted octanol–water partition coefficient (Wildman–Crippen LogP) is 1.63. The molecule has 0 aliphatic heterocycles. The van der Waals surface area contributed by atoms with E-state index in [0.29, 0.717) is 16.1 Å². The Morgan fingerprint density at radius 2 is 1.86 bits per heavy atom. The summed E-state index contributed by atoms with van der Waals surface area (Å²) in [4.78, 5) is 16.8. The molecule has 0 aromatic carbocycles. The van der Waals surface area contributed by atoms with E-state index in [-0.39, 0.29) is 11.6 Å². The summed E-state index contributed by atoms with van der Waals surface area (Å²) >= 11 is 0. The van der Waals surface area contributed by atoms with Gasteiger partial charge in [-0.2, -0.15) is 5.10 Å². The summed E-state index contributed by atoms with van der Waals surface area (Å²) in [6.45, 7) is 7.86. The monoisotopic (exact) mass is 281 g/mol. The smallest absolute Gasteiger partial charge is 0.267 e. The number of hydrogen-bond acceptors (Lipinski definition) is 3. The van der Waals surface area contributed by atoms with Crippen LogP contribution in [0.15, 0.2) is 29.2 Å². The molecule has 0 spiro atoms. The first-order valence-corrected chi connectivity index (χ1v) is 7.40. The van der Waals surface area contributed by atoms with Gasteiger partial charge in [0, 0.05) is 16.6 Å². The minimum Gasteiger partial charge on any atom is -0.267 e. The minimum atomic E-state index is -0.119. The fourth-order valence-electron chi connectivity index (χ4n) is 2.91. The Hall–Kier alpha value is -2.23. The van der Waals surface area contributed by atoms with E-state index < -0.39 is 0 Å². The van der Waals surface area contributed by atoms with E-state index in [1.165, 1.54) is 6.42 Å². The lowest BCUT2D eigenvalue weighted by Gasteiger charge is -2.23. The second kappa shape index (κ2) is 5.64. The van der Waals surface area contributed by atoms with Gasteiger partial charge >= 0.3 is 0 Å². The summed E-state index contributed by atoms with van der Waals surface area (Å²) in [7, 11) is 0. The Kier molecular flexibility index (Phi) is 3.69. The molecule has 21 heavy (non-hydrogen) atoms. The molecule has 2 aromatic heterocycles. The molecule has 0 atom stereocenters. The number of hydrogen-bond donors (Lipinski definition) is 0. The first kappa shape index (κ1) is 13.7. The van der Waals surface area contributed by atoms with Crippen LogP contribution in [0.1, 0.15) is 38.1 Å². The molecule has 1 aliphatic rings. The molecule has 3 rings (SSSR count). The number of rotatable bonds is 2. The van der Waals surface area contributed by atoms with Gasteiger partial charge in [0.15, 0.2) is 0 Å². The molecule has 1 fully saturated rings. The maximum atomic E-state index is 12.4. The van der Waals surface area contributed by atoms with Crippen LogP contribution in [0.3, 0.4) is 0 Å². The van der Waals surface area contributed by atoms with Gasteiger partial charge in [0.2, 0.25) is 0 Å². The Morgan fingerprint density at radius 1 is 1.10 bits per heavy atom. The van der Waals surface area contributed by atoms with Crippen molar-refractivity contribution in [1.82, 2.24) is 14.8 Å². The second-order valence-corrected chi connectivity index (χ2v) is 5.56. The third kappa shape index (κ3) is 2.53.